The minimum atomic E-state index is -0.0213. The van der Waals surface area contributed by atoms with E-state index < -0.39 is 0 Å². The number of methoxy groups -OCH3 is 1. The molecule has 1 aromatic carbocycles. The number of furan rings is 1. The average molecular weight is 370 g/mol. The average Bonchev–Trinajstić information content (AvgIpc) is 3.32. The minimum absolute atomic E-state index is 0.0213. The third kappa shape index (κ3) is 3.21. The number of benzene rings is 1. The summed E-state index contributed by atoms with van der Waals surface area (Å²) < 4.78 is 22.9. The highest BCUT2D eigenvalue weighted by atomic mass is 16.7. The van der Waals surface area contributed by atoms with Crippen molar-refractivity contribution >= 4 is 11.9 Å². The molecule has 2 aliphatic rings. The van der Waals surface area contributed by atoms with Gasteiger partial charge in [-0.15, -0.1) is 0 Å². The Bertz CT molecular complexity index is 882. The van der Waals surface area contributed by atoms with E-state index in [0.29, 0.717) is 28.2 Å². The summed E-state index contributed by atoms with van der Waals surface area (Å²) in [5.41, 5.74) is 2.22. The number of allylic oxidation sites excluding steroid dienone is 1. The molecule has 0 N–H and O–H groups in total. The molecule has 27 heavy (non-hydrogen) atoms. The number of hydrogen-bond donors (Lipinski definition) is 0. The summed E-state index contributed by atoms with van der Waals surface area (Å²) in [4.78, 5) is 12.7. The molecule has 6 heteroatoms. The maximum absolute atomic E-state index is 12.7. The molecule has 0 bridgehead atoms. The number of nitrogens with zero attached hydrogens (tertiary/aromatic N) is 1. The van der Waals surface area contributed by atoms with Crippen LogP contribution in [-0.2, 0) is 11.2 Å². The fourth-order valence-corrected chi connectivity index (χ4v) is 3.94. The second kappa shape index (κ2) is 6.78. The first-order valence-corrected chi connectivity index (χ1v) is 9.06. The van der Waals surface area contributed by atoms with Gasteiger partial charge in [0.25, 0.3) is 0 Å². The van der Waals surface area contributed by atoms with Gasteiger partial charge < -0.3 is 23.1 Å². The molecule has 0 saturated carbocycles. The third-order valence-electron chi connectivity index (χ3n) is 5.45. The number of fused-ring (bicyclic) bond motifs is 2. The molecular weight excluding hydrogens is 346 g/mol. The van der Waals surface area contributed by atoms with Gasteiger partial charge in [-0.05, 0) is 35.9 Å². The van der Waals surface area contributed by atoms with Crippen molar-refractivity contribution in [2.45, 2.75) is 18.9 Å². The predicted molar refractivity (Wildman–Crippen MR) is 99.9 cm³/mol. The molecule has 0 radical (unpaired) electrons. The number of carbonyl (C=O) groups is 1. The second-order valence-corrected chi connectivity index (χ2v) is 7.50. The standard InChI is InChI=1S/C21H24NO5/c1-22(2)9-8-14-11-18-20(27-13-26-18)21(24-3)19(14)17(22)12-15(23)6-7-16-5-4-10-25-16/h4-7,10-11,17H,8-9,12-13H2,1-3H3/q+1/b7-6+/t17-/m1/s1. The lowest BCUT2D eigenvalue weighted by atomic mass is 9.86. The molecule has 0 amide bonds. The number of likely N-dealkylation sites (N-methyl/N-ethyl adjacent to an activating group) is 1. The molecule has 3 heterocycles. The number of ketones is 1. The molecule has 2 aromatic rings. The van der Waals surface area contributed by atoms with Gasteiger partial charge in [-0.3, -0.25) is 4.79 Å². The van der Waals surface area contributed by atoms with Gasteiger partial charge in [0.2, 0.25) is 12.5 Å². The molecule has 0 aliphatic carbocycles. The van der Waals surface area contributed by atoms with Gasteiger partial charge in [0.05, 0.1) is 46.0 Å². The fraction of sp³-hybridized carbons (Fsp3) is 0.381. The van der Waals surface area contributed by atoms with E-state index in [9.17, 15) is 4.79 Å². The summed E-state index contributed by atoms with van der Waals surface area (Å²) in [6.45, 7) is 1.14. The summed E-state index contributed by atoms with van der Waals surface area (Å²) in [6, 6.07) is 5.64. The van der Waals surface area contributed by atoms with Gasteiger partial charge >= 0.3 is 0 Å². The minimum Gasteiger partial charge on any atom is -0.492 e. The maximum atomic E-state index is 12.7. The molecule has 0 fully saturated rings. The van der Waals surface area contributed by atoms with E-state index in [2.05, 4.69) is 14.1 Å². The summed E-state index contributed by atoms with van der Waals surface area (Å²) in [6.07, 6.45) is 6.18. The van der Waals surface area contributed by atoms with Gasteiger partial charge in [0, 0.05) is 6.42 Å². The van der Waals surface area contributed by atoms with Crippen LogP contribution in [0, 0.1) is 0 Å². The summed E-state index contributed by atoms with van der Waals surface area (Å²) in [7, 11) is 5.95. The van der Waals surface area contributed by atoms with Gasteiger partial charge in [-0.2, -0.15) is 0 Å². The Morgan fingerprint density at radius 1 is 1.37 bits per heavy atom. The first-order valence-electron chi connectivity index (χ1n) is 9.06. The van der Waals surface area contributed by atoms with E-state index in [1.165, 1.54) is 5.56 Å². The Morgan fingerprint density at radius 2 is 2.22 bits per heavy atom. The number of rotatable bonds is 5. The lowest BCUT2D eigenvalue weighted by molar-refractivity contribution is -0.922. The quantitative estimate of drug-likeness (QED) is 0.597. The molecule has 0 spiro atoms. The molecule has 1 atom stereocenters. The number of ether oxygens (including phenoxy) is 3. The third-order valence-corrected chi connectivity index (χ3v) is 5.45. The van der Waals surface area contributed by atoms with E-state index in [0.717, 1.165) is 24.3 Å². The first kappa shape index (κ1) is 17.7. The first-order chi connectivity index (χ1) is 13.0. The van der Waals surface area contributed by atoms with Crippen molar-refractivity contribution in [3.63, 3.8) is 0 Å². The SMILES string of the molecule is COc1c2c(cc3c1[C@@H](CC(=O)/C=C/c1ccco1)[N+](C)(C)CC3)OCO2. The molecule has 0 unspecified atom stereocenters. The van der Waals surface area contributed by atoms with Gasteiger partial charge in [0.15, 0.2) is 17.3 Å². The number of hydrogen-bond acceptors (Lipinski definition) is 5. The highest BCUT2D eigenvalue weighted by molar-refractivity contribution is 5.93. The zero-order chi connectivity index (χ0) is 19.0. The lowest BCUT2D eigenvalue weighted by Gasteiger charge is -2.43. The van der Waals surface area contributed by atoms with Crippen LogP contribution in [0.2, 0.25) is 0 Å². The molecule has 142 valence electrons. The van der Waals surface area contributed by atoms with Crippen molar-refractivity contribution < 1.29 is 27.9 Å². The predicted octanol–water partition coefficient (Wildman–Crippen LogP) is 3.36. The Labute approximate surface area is 158 Å². The van der Waals surface area contributed by atoms with Crippen LogP contribution in [0.15, 0.2) is 35.0 Å². The molecule has 6 nitrogen and oxygen atoms in total. The fourth-order valence-electron chi connectivity index (χ4n) is 3.94. The summed E-state index contributed by atoms with van der Waals surface area (Å²) >= 11 is 0. The van der Waals surface area contributed by atoms with Crippen LogP contribution in [0.25, 0.3) is 6.08 Å². The largest absolute Gasteiger partial charge is 0.492 e. The van der Waals surface area contributed by atoms with Crippen LogP contribution >= 0.6 is 0 Å². The Hall–Kier alpha value is -2.73. The Balaban J connectivity index is 1.69. The lowest BCUT2D eigenvalue weighted by Crippen LogP contribution is -2.48. The Morgan fingerprint density at radius 3 is 2.96 bits per heavy atom. The monoisotopic (exact) mass is 370 g/mol. The van der Waals surface area contributed by atoms with Crippen molar-refractivity contribution in [1.82, 2.24) is 0 Å². The van der Waals surface area contributed by atoms with Gasteiger partial charge in [0.1, 0.15) is 11.8 Å². The van der Waals surface area contributed by atoms with Gasteiger partial charge in [-0.25, -0.2) is 0 Å². The van der Waals surface area contributed by atoms with Crippen LogP contribution in [0.5, 0.6) is 17.2 Å². The van der Waals surface area contributed by atoms with Crippen LogP contribution in [0.4, 0.5) is 0 Å². The van der Waals surface area contributed by atoms with Gasteiger partial charge in [-0.1, -0.05) is 0 Å². The van der Waals surface area contributed by atoms with Crippen LogP contribution < -0.4 is 14.2 Å². The van der Waals surface area contributed by atoms with Crippen LogP contribution in [-0.4, -0.2) is 44.8 Å². The second-order valence-electron chi connectivity index (χ2n) is 7.50. The highest BCUT2D eigenvalue weighted by Crippen LogP contribution is 2.51. The van der Waals surface area contributed by atoms with E-state index >= 15 is 0 Å². The number of quaternary nitrogens is 1. The zero-order valence-corrected chi connectivity index (χ0v) is 15.9. The summed E-state index contributed by atoms with van der Waals surface area (Å²) in [5, 5.41) is 0. The van der Waals surface area contributed by atoms with Crippen molar-refractivity contribution in [2.75, 3.05) is 34.5 Å². The molecular formula is C21H24NO5+. The normalized spacial score (nSPS) is 19.9. The summed E-state index contributed by atoms with van der Waals surface area (Å²) in [5.74, 6) is 2.78. The smallest absolute Gasteiger partial charge is 0.231 e. The van der Waals surface area contributed by atoms with Crippen LogP contribution in [0.1, 0.15) is 29.3 Å². The van der Waals surface area contributed by atoms with E-state index in [-0.39, 0.29) is 18.6 Å². The molecule has 0 saturated heterocycles. The van der Waals surface area contributed by atoms with E-state index in [1.807, 2.05) is 12.1 Å². The maximum Gasteiger partial charge on any atom is 0.231 e. The van der Waals surface area contributed by atoms with Crippen molar-refractivity contribution in [1.29, 1.82) is 0 Å². The molecule has 1 aromatic heterocycles. The van der Waals surface area contributed by atoms with Crippen molar-refractivity contribution in [3.05, 3.63) is 47.4 Å². The molecule has 4 rings (SSSR count). The van der Waals surface area contributed by atoms with Crippen molar-refractivity contribution in [2.24, 2.45) is 0 Å². The highest BCUT2D eigenvalue weighted by Gasteiger charge is 2.41. The van der Waals surface area contributed by atoms with Crippen molar-refractivity contribution in [3.8, 4) is 17.2 Å². The Kier molecular flexibility index (Phi) is 4.44. The van der Waals surface area contributed by atoms with E-state index in [4.69, 9.17) is 18.6 Å². The topological polar surface area (TPSA) is 57.9 Å². The molecule has 2 aliphatic heterocycles. The van der Waals surface area contributed by atoms with E-state index in [1.54, 1.807) is 31.6 Å². The van der Waals surface area contributed by atoms with Crippen LogP contribution in [0.3, 0.4) is 0 Å². The zero-order valence-electron chi connectivity index (χ0n) is 15.9. The number of carbonyl (C=O) groups excluding carboxylic acids is 1.